The van der Waals surface area contributed by atoms with Crippen molar-refractivity contribution >= 4 is 29.1 Å². The predicted octanol–water partition coefficient (Wildman–Crippen LogP) is 4.34. The number of aryl methyl sites for hydroxylation is 1. The Morgan fingerprint density at radius 3 is 2.52 bits per heavy atom. The van der Waals surface area contributed by atoms with Gasteiger partial charge >= 0.3 is 0 Å². The molecule has 2 aromatic rings. The van der Waals surface area contributed by atoms with Crippen LogP contribution < -0.4 is 5.32 Å². The first-order chi connectivity index (χ1) is 9.91. The predicted molar refractivity (Wildman–Crippen MR) is 83.9 cm³/mol. The molecule has 0 saturated heterocycles. The molecule has 1 heterocycles. The maximum Gasteiger partial charge on any atom is 0.257 e. The molecule has 0 aliphatic carbocycles. The van der Waals surface area contributed by atoms with E-state index in [-0.39, 0.29) is 5.91 Å². The molecule has 0 unspecified atom stereocenters. The zero-order valence-corrected chi connectivity index (χ0v) is 13.5. The van der Waals surface area contributed by atoms with Gasteiger partial charge in [0.2, 0.25) is 0 Å². The molecule has 0 bridgehead atoms. The Labute approximate surface area is 133 Å². The second-order valence-electron chi connectivity index (χ2n) is 5.16. The summed E-state index contributed by atoms with van der Waals surface area (Å²) in [5.74, 6) is 0.539. The van der Waals surface area contributed by atoms with Crippen LogP contribution in [0.15, 0.2) is 22.7 Å². The van der Waals surface area contributed by atoms with E-state index in [1.165, 1.54) is 0 Å². The number of carbonyl (C=O) groups is 1. The number of halogens is 2. The summed E-state index contributed by atoms with van der Waals surface area (Å²) in [7, 11) is 0. The summed E-state index contributed by atoms with van der Waals surface area (Å²) in [6.07, 6.45) is 0. The lowest BCUT2D eigenvalue weighted by atomic mass is 10.1. The number of hydrogen-bond donors (Lipinski definition) is 1. The van der Waals surface area contributed by atoms with Gasteiger partial charge in [-0.25, -0.2) is 0 Å². The molecule has 0 atom stereocenters. The second-order valence-corrected chi connectivity index (χ2v) is 5.98. The fourth-order valence-electron chi connectivity index (χ4n) is 1.92. The van der Waals surface area contributed by atoms with E-state index in [0.29, 0.717) is 45.1 Å². The molecular weight excluding hydrogens is 311 g/mol. The highest BCUT2D eigenvalue weighted by atomic mass is 35.5. The van der Waals surface area contributed by atoms with Crippen molar-refractivity contribution in [3.63, 3.8) is 0 Å². The van der Waals surface area contributed by atoms with Crippen LogP contribution in [0.5, 0.6) is 0 Å². The van der Waals surface area contributed by atoms with Gasteiger partial charge in [0.1, 0.15) is 17.0 Å². The number of aromatic nitrogens is 1. The topological polar surface area (TPSA) is 55.1 Å². The Balaban J connectivity index is 2.45. The molecular formula is C15H16Cl2N2O2. The monoisotopic (exact) mass is 326 g/mol. The van der Waals surface area contributed by atoms with E-state index in [2.05, 4.69) is 10.5 Å². The number of nitrogens with zero attached hydrogens (tertiary/aromatic N) is 1. The van der Waals surface area contributed by atoms with E-state index < -0.39 is 0 Å². The van der Waals surface area contributed by atoms with Gasteiger partial charge in [-0.15, -0.1) is 0 Å². The minimum Gasteiger partial charge on any atom is -0.360 e. The first-order valence-electron chi connectivity index (χ1n) is 6.60. The Morgan fingerprint density at radius 1 is 1.33 bits per heavy atom. The Bertz CT molecular complexity index is 645. The molecule has 0 fully saturated rings. The average molecular weight is 327 g/mol. The van der Waals surface area contributed by atoms with Crippen molar-refractivity contribution in [2.75, 3.05) is 6.54 Å². The zero-order chi connectivity index (χ0) is 15.6. The summed E-state index contributed by atoms with van der Waals surface area (Å²) in [4.78, 5) is 12.4. The van der Waals surface area contributed by atoms with Gasteiger partial charge in [0, 0.05) is 12.1 Å². The lowest BCUT2D eigenvalue weighted by Gasteiger charge is -2.09. The fourth-order valence-corrected chi connectivity index (χ4v) is 2.50. The van der Waals surface area contributed by atoms with Crippen molar-refractivity contribution < 1.29 is 9.32 Å². The average Bonchev–Trinajstić information content (AvgIpc) is 2.78. The Morgan fingerprint density at radius 2 is 1.95 bits per heavy atom. The molecule has 6 heteroatoms. The van der Waals surface area contributed by atoms with E-state index in [0.717, 1.165) is 0 Å². The van der Waals surface area contributed by atoms with Crippen LogP contribution in [0.3, 0.4) is 0 Å². The van der Waals surface area contributed by atoms with Gasteiger partial charge in [-0.2, -0.15) is 0 Å². The van der Waals surface area contributed by atoms with Crippen molar-refractivity contribution in [1.82, 2.24) is 10.5 Å². The van der Waals surface area contributed by atoms with E-state index in [1.54, 1.807) is 25.1 Å². The quantitative estimate of drug-likeness (QED) is 0.909. The van der Waals surface area contributed by atoms with Gasteiger partial charge in [0.05, 0.1) is 10.0 Å². The van der Waals surface area contributed by atoms with Gasteiger partial charge in [-0.1, -0.05) is 48.3 Å². The molecule has 0 aliphatic heterocycles. The lowest BCUT2D eigenvalue weighted by Crippen LogP contribution is -2.28. The van der Waals surface area contributed by atoms with Crippen molar-refractivity contribution in [3.8, 4) is 11.3 Å². The summed E-state index contributed by atoms with van der Waals surface area (Å²) in [5, 5.41) is 7.65. The Kier molecular flexibility index (Phi) is 4.91. The van der Waals surface area contributed by atoms with Crippen LogP contribution in [0.4, 0.5) is 0 Å². The van der Waals surface area contributed by atoms with E-state index in [1.807, 2.05) is 13.8 Å². The number of benzene rings is 1. The molecule has 0 spiro atoms. The molecule has 4 nitrogen and oxygen atoms in total. The number of carbonyl (C=O) groups excluding carboxylic acids is 1. The maximum absolute atomic E-state index is 12.4. The van der Waals surface area contributed by atoms with E-state index >= 15 is 0 Å². The van der Waals surface area contributed by atoms with Crippen molar-refractivity contribution in [2.45, 2.75) is 20.8 Å². The van der Waals surface area contributed by atoms with Crippen molar-refractivity contribution in [3.05, 3.63) is 39.6 Å². The molecule has 1 aromatic carbocycles. The number of amides is 1. The summed E-state index contributed by atoms with van der Waals surface area (Å²) < 4.78 is 5.16. The van der Waals surface area contributed by atoms with Crippen LogP contribution >= 0.6 is 23.2 Å². The summed E-state index contributed by atoms with van der Waals surface area (Å²) in [5.41, 5.74) is 1.24. The molecule has 1 N–H and O–H groups in total. The molecule has 0 saturated carbocycles. The number of hydrogen-bond acceptors (Lipinski definition) is 3. The lowest BCUT2D eigenvalue weighted by molar-refractivity contribution is 0.0948. The molecule has 0 radical (unpaired) electrons. The Hall–Kier alpha value is -1.52. The second kappa shape index (κ2) is 6.50. The third kappa shape index (κ3) is 3.39. The molecule has 1 aromatic heterocycles. The first-order valence-corrected chi connectivity index (χ1v) is 7.36. The highest BCUT2D eigenvalue weighted by Gasteiger charge is 2.24. The third-order valence-electron chi connectivity index (χ3n) is 2.96. The number of rotatable bonds is 4. The maximum atomic E-state index is 12.4. The van der Waals surface area contributed by atoms with Crippen LogP contribution in [0.1, 0.15) is 30.0 Å². The van der Waals surface area contributed by atoms with Crippen LogP contribution in [0, 0.1) is 12.8 Å². The van der Waals surface area contributed by atoms with Gasteiger partial charge in [-0.3, -0.25) is 4.79 Å². The minimum atomic E-state index is -0.242. The molecule has 0 aliphatic rings. The summed E-state index contributed by atoms with van der Waals surface area (Å²) in [6.45, 7) is 6.30. The van der Waals surface area contributed by atoms with Crippen LogP contribution in [0.25, 0.3) is 11.3 Å². The van der Waals surface area contributed by atoms with Gasteiger partial charge < -0.3 is 9.84 Å². The van der Waals surface area contributed by atoms with Crippen LogP contribution in [-0.4, -0.2) is 17.6 Å². The third-order valence-corrected chi connectivity index (χ3v) is 3.59. The number of nitrogens with one attached hydrogen (secondary N) is 1. The largest absolute Gasteiger partial charge is 0.360 e. The smallest absolute Gasteiger partial charge is 0.257 e. The van der Waals surface area contributed by atoms with Crippen molar-refractivity contribution in [1.29, 1.82) is 0 Å². The van der Waals surface area contributed by atoms with Gasteiger partial charge in [-0.05, 0) is 25.0 Å². The SMILES string of the molecule is Cc1onc(-c2c(Cl)cccc2Cl)c1C(=O)NCC(C)C. The van der Waals surface area contributed by atoms with Crippen LogP contribution in [0.2, 0.25) is 10.0 Å². The minimum absolute atomic E-state index is 0.242. The van der Waals surface area contributed by atoms with Gasteiger partial charge in [0.15, 0.2) is 0 Å². The van der Waals surface area contributed by atoms with E-state index in [9.17, 15) is 4.79 Å². The van der Waals surface area contributed by atoms with Crippen molar-refractivity contribution in [2.24, 2.45) is 5.92 Å². The van der Waals surface area contributed by atoms with E-state index in [4.69, 9.17) is 27.7 Å². The van der Waals surface area contributed by atoms with Crippen LogP contribution in [-0.2, 0) is 0 Å². The fraction of sp³-hybridized carbons (Fsp3) is 0.333. The standard InChI is InChI=1S/C15H16Cl2N2O2/c1-8(2)7-18-15(20)12-9(3)21-19-14(12)13-10(16)5-4-6-11(13)17/h4-6,8H,7H2,1-3H3,(H,18,20). The zero-order valence-electron chi connectivity index (χ0n) is 12.0. The highest BCUT2D eigenvalue weighted by Crippen LogP contribution is 2.36. The first kappa shape index (κ1) is 15.9. The summed E-state index contributed by atoms with van der Waals surface area (Å²) >= 11 is 12.4. The normalized spacial score (nSPS) is 11.0. The molecule has 112 valence electrons. The summed E-state index contributed by atoms with van der Waals surface area (Å²) in [6, 6.07) is 5.13. The highest BCUT2D eigenvalue weighted by molar-refractivity contribution is 6.39. The molecule has 1 amide bonds. The van der Waals surface area contributed by atoms with Gasteiger partial charge in [0.25, 0.3) is 5.91 Å². The molecule has 2 rings (SSSR count). The molecule has 21 heavy (non-hydrogen) atoms.